The molecular weight excluding hydrogens is 294 g/mol. The van der Waals surface area contributed by atoms with Crippen molar-refractivity contribution in [2.75, 3.05) is 11.9 Å². The number of benzene rings is 1. The Morgan fingerprint density at radius 3 is 2.70 bits per heavy atom. The fourth-order valence-electron chi connectivity index (χ4n) is 3.00. The van der Waals surface area contributed by atoms with Crippen molar-refractivity contribution < 1.29 is 14.4 Å². The quantitative estimate of drug-likeness (QED) is 0.834. The zero-order valence-corrected chi connectivity index (χ0v) is 13.6. The van der Waals surface area contributed by atoms with Gasteiger partial charge in [-0.3, -0.25) is 14.5 Å². The highest BCUT2D eigenvalue weighted by Crippen LogP contribution is 2.42. The van der Waals surface area contributed by atoms with Crippen molar-refractivity contribution in [2.45, 2.75) is 39.2 Å². The van der Waals surface area contributed by atoms with Crippen LogP contribution in [0.15, 0.2) is 18.2 Å². The second kappa shape index (κ2) is 5.37. The Kier molecular flexibility index (Phi) is 3.62. The van der Waals surface area contributed by atoms with Crippen molar-refractivity contribution in [2.24, 2.45) is 5.92 Å². The maximum atomic E-state index is 12.5. The number of nitrogens with zero attached hydrogens (tertiary/aromatic N) is 1. The number of carbonyl (C=O) groups is 3. The smallest absolute Gasteiger partial charge is 0.324 e. The van der Waals surface area contributed by atoms with E-state index < -0.39 is 11.6 Å². The van der Waals surface area contributed by atoms with Crippen LogP contribution in [0.25, 0.3) is 0 Å². The Morgan fingerprint density at radius 2 is 2.04 bits per heavy atom. The minimum absolute atomic E-state index is 0.186. The number of anilines is 1. The zero-order valence-electron chi connectivity index (χ0n) is 13.6. The van der Waals surface area contributed by atoms with Gasteiger partial charge in [-0.2, -0.15) is 0 Å². The standard InChI is InChI=1S/C17H21N3O3/c1-10-4-5-11(2)13(8-10)18-14(21)9-20-15(22)17(3,12-6-7-12)19-16(20)23/h4-5,8,12H,6-7,9H2,1-3H3,(H,18,21)(H,19,23)/t17-/m1/s1. The first-order valence-electron chi connectivity index (χ1n) is 7.82. The van der Waals surface area contributed by atoms with Gasteiger partial charge in [0.1, 0.15) is 12.1 Å². The summed E-state index contributed by atoms with van der Waals surface area (Å²) >= 11 is 0. The van der Waals surface area contributed by atoms with E-state index in [1.807, 2.05) is 32.0 Å². The molecule has 4 amide bonds. The molecule has 6 nitrogen and oxygen atoms in total. The van der Waals surface area contributed by atoms with E-state index in [4.69, 9.17) is 0 Å². The summed E-state index contributed by atoms with van der Waals surface area (Å²) in [6, 6.07) is 5.26. The minimum Gasteiger partial charge on any atom is -0.324 e. The number of aryl methyl sites for hydroxylation is 2. The number of nitrogens with one attached hydrogen (secondary N) is 2. The van der Waals surface area contributed by atoms with Gasteiger partial charge in [-0.15, -0.1) is 0 Å². The zero-order chi connectivity index (χ0) is 16.8. The Bertz CT molecular complexity index is 696. The van der Waals surface area contributed by atoms with Gasteiger partial charge < -0.3 is 10.6 Å². The van der Waals surface area contributed by atoms with Gasteiger partial charge in [0.15, 0.2) is 0 Å². The lowest BCUT2D eigenvalue weighted by Crippen LogP contribution is -2.46. The summed E-state index contributed by atoms with van der Waals surface area (Å²) in [5.41, 5.74) is 1.81. The first-order chi connectivity index (χ1) is 10.8. The lowest BCUT2D eigenvalue weighted by molar-refractivity contribution is -0.134. The predicted molar refractivity (Wildman–Crippen MR) is 85.9 cm³/mol. The van der Waals surface area contributed by atoms with Crippen molar-refractivity contribution in [3.63, 3.8) is 0 Å². The highest BCUT2D eigenvalue weighted by Gasteiger charge is 2.56. The van der Waals surface area contributed by atoms with Crippen LogP contribution in [0.1, 0.15) is 30.9 Å². The molecule has 23 heavy (non-hydrogen) atoms. The maximum absolute atomic E-state index is 12.5. The molecule has 0 bridgehead atoms. The Morgan fingerprint density at radius 1 is 1.35 bits per heavy atom. The Labute approximate surface area is 135 Å². The summed E-state index contributed by atoms with van der Waals surface area (Å²) in [6.07, 6.45) is 1.87. The van der Waals surface area contributed by atoms with Crippen LogP contribution in [0, 0.1) is 19.8 Å². The summed E-state index contributed by atoms with van der Waals surface area (Å²) in [4.78, 5) is 37.8. The van der Waals surface area contributed by atoms with Crippen LogP contribution in [0.2, 0.25) is 0 Å². The molecule has 1 aliphatic heterocycles. The summed E-state index contributed by atoms with van der Waals surface area (Å²) in [5.74, 6) is -0.491. The molecule has 2 fully saturated rings. The van der Waals surface area contributed by atoms with E-state index in [1.165, 1.54) is 0 Å². The van der Waals surface area contributed by atoms with Crippen molar-refractivity contribution >= 4 is 23.5 Å². The number of rotatable bonds is 4. The molecule has 1 saturated heterocycles. The number of hydrogen-bond acceptors (Lipinski definition) is 3. The highest BCUT2D eigenvalue weighted by atomic mass is 16.2. The highest BCUT2D eigenvalue weighted by molar-refractivity contribution is 6.10. The van der Waals surface area contributed by atoms with Crippen LogP contribution < -0.4 is 10.6 Å². The van der Waals surface area contributed by atoms with Crippen molar-refractivity contribution in [1.29, 1.82) is 0 Å². The third-order valence-corrected chi connectivity index (χ3v) is 4.66. The lowest BCUT2D eigenvalue weighted by Gasteiger charge is -2.20. The van der Waals surface area contributed by atoms with Crippen LogP contribution in [-0.4, -0.2) is 34.8 Å². The first-order valence-corrected chi connectivity index (χ1v) is 7.82. The second-order valence-corrected chi connectivity index (χ2v) is 6.66. The number of hydrogen-bond donors (Lipinski definition) is 2. The molecule has 1 heterocycles. The van der Waals surface area contributed by atoms with Gasteiger partial charge in [-0.1, -0.05) is 12.1 Å². The average Bonchev–Trinajstić information content (AvgIpc) is 3.29. The van der Waals surface area contributed by atoms with Gasteiger partial charge in [0.2, 0.25) is 5.91 Å². The third-order valence-electron chi connectivity index (χ3n) is 4.66. The molecule has 0 spiro atoms. The molecule has 2 aliphatic rings. The molecule has 0 radical (unpaired) electrons. The molecule has 0 aromatic heterocycles. The molecule has 1 saturated carbocycles. The van der Waals surface area contributed by atoms with Gasteiger partial charge in [0.05, 0.1) is 0 Å². The second-order valence-electron chi connectivity index (χ2n) is 6.66. The molecule has 1 aromatic rings. The molecule has 1 atom stereocenters. The van der Waals surface area contributed by atoms with Crippen LogP contribution in [0.4, 0.5) is 10.5 Å². The van der Waals surface area contributed by atoms with Crippen LogP contribution in [0.3, 0.4) is 0 Å². The average molecular weight is 315 g/mol. The normalized spacial score (nSPS) is 23.9. The molecule has 1 aliphatic carbocycles. The summed E-state index contributed by atoms with van der Waals surface area (Å²) in [7, 11) is 0. The molecule has 2 N–H and O–H groups in total. The summed E-state index contributed by atoms with van der Waals surface area (Å²) in [5, 5.41) is 5.52. The van der Waals surface area contributed by atoms with E-state index in [0.717, 1.165) is 28.9 Å². The van der Waals surface area contributed by atoms with E-state index in [9.17, 15) is 14.4 Å². The molecular formula is C17H21N3O3. The van der Waals surface area contributed by atoms with Gasteiger partial charge in [-0.05, 0) is 56.7 Å². The predicted octanol–water partition coefficient (Wildman–Crippen LogP) is 1.96. The molecule has 122 valence electrons. The maximum Gasteiger partial charge on any atom is 0.325 e. The van der Waals surface area contributed by atoms with Gasteiger partial charge >= 0.3 is 6.03 Å². The topological polar surface area (TPSA) is 78.5 Å². The SMILES string of the molecule is Cc1ccc(C)c(NC(=O)CN2C(=O)N[C@](C)(C3CC3)C2=O)c1. The van der Waals surface area contributed by atoms with Crippen LogP contribution >= 0.6 is 0 Å². The first kappa shape index (κ1) is 15.5. The Balaban J connectivity index is 1.69. The number of imide groups is 1. The van der Waals surface area contributed by atoms with E-state index in [-0.39, 0.29) is 24.3 Å². The van der Waals surface area contributed by atoms with E-state index in [0.29, 0.717) is 5.69 Å². The van der Waals surface area contributed by atoms with Crippen LogP contribution in [-0.2, 0) is 9.59 Å². The number of amides is 4. The van der Waals surface area contributed by atoms with Crippen molar-refractivity contribution in [3.05, 3.63) is 29.3 Å². The van der Waals surface area contributed by atoms with Gasteiger partial charge in [0, 0.05) is 5.69 Å². The van der Waals surface area contributed by atoms with Crippen molar-refractivity contribution in [3.8, 4) is 0 Å². The number of urea groups is 1. The summed E-state index contributed by atoms with van der Waals surface area (Å²) < 4.78 is 0. The third kappa shape index (κ3) is 2.81. The van der Waals surface area contributed by atoms with Crippen molar-refractivity contribution in [1.82, 2.24) is 10.2 Å². The molecule has 0 unspecified atom stereocenters. The minimum atomic E-state index is -0.851. The fraction of sp³-hybridized carbons (Fsp3) is 0.471. The van der Waals surface area contributed by atoms with E-state index in [1.54, 1.807) is 6.92 Å². The lowest BCUT2D eigenvalue weighted by atomic mass is 9.96. The largest absolute Gasteiger partial charge is 0.325 e. The van der Waals surface area contributed by atoms with E-state index >= 15 is 0 Å². The van der Waals surface area contributed by atoms with Gasteiger partial charge in [0.25, 0.3) is 5.91 Å². The Hall–Kier alpha value is -2.37. The molecule has 1 aromatic carbocycles. The van der Waals surface area contributed by atoms with E-state index in [2.05, 4.69) is 10.6 Å². The fourth-order valence-corrected chi connectivity index (χ4v) is 3.00. The summed E-state index contributed by atoms with van der Waals surface area (Å²) in [6.45, 7) is 5.31. The van der Waals surface area contributed by atoms with Gasteiger partial charge in [-0.25, -0.2) is 4.79 Å². The molecule has 3 rings (SSSR count). The molecule has 6 heteroatoms. The van der Waals surface area contributed by atoms with Crippen LogP contribution in [0.5, 0.6) is 0 Å². The monoisotopic (exact) mass is 315 g/mol. The number of carbonyl (C=O) groups excluding carboxylic acids is 3.